The van der Waals surface area contributed by atoms with Crippen LogP contribution >= 0.6 is 0 Å². The molecule has 0 aliphatic carbocycles. The highest BCUT2D eigenvalue weighted by molar-refractivity contribution is 6.01. The van der Waals surface area contributed by atoms with Crippen LogP contribution in [0.2, 0.25) is 0 Å². The fourth-order valence-electron chi connectivity index (χ4n) is 3.98. The molecule has 0 amide bonds. The number of pyridine rings is 2. The van der Waals surface area contributed by atoms with Crippen molar-refractivity contribution in [3.05, 3.63) is 85.0 Å². The third kappa shape index (κ3) is 2.99. The van der Waals surface area contributed by atoms with Crippen molar-refractivity contribution >= 4 is 21.7 Å². The monoisotopic (exact) mass is 378 g/mol. The van der Waals surface area contributed by atoms with E-state index in [4.69, 9.17) is 9.40 Å². The van der Waals surface area contributed by atoms with Crippen molar-refractivity contribution in [3.8, 4) is 22.4 Å². The van der Waals surface area contributed by atoms with Crippen LogP contribution in [0, 0.1) is 0 Å². The number of rotatable bonds is 2. The number of benzene rings is 2. The zero-order valence-electron chi connectivity index (χ0n) is 16.8. The molecule has 3 nitrogen and oxygen atoms in total. The Morgan fingerprint density at radius 3 is 2.48 bits per heavy atom. The molecule has 5 rings (SSSR count). The summed E-state index contributed by atoms with van der Waals surface area (Å²) in [5.41, 5.74) is 6.16. The minimum Gasteiger partial charge on any atom is -0.461 e. The first-order valence-electron chi connectivity index (χ1n) is 9.82. The van der Waals surface area contributed by atoms with Gasteiger partial charge in [0.05, 0.1) is 6.26 Å². The Morgan fingerprint density at radius 1 is 0.828 bits per heavy atom. The van der Waals surface area contributed by atoms with Gasteiger partial charge in [0.25, 0.3) is 0 Å². The predicted molar refractivity (Wildman–Crippen MR) is 119 cm³/mol. The normalized spacial score (nSPS) is 12.0. The SMILES string of the molecule is CC(C)(C)c1cc(-c2nccc3c(-c4cccnc4)coc23)cc2ccccc12. The molecule has 0 unspecified atom stereocenters. The highest BCUT2D eigenvalue weighted by Crippen LogP contribution is 2.38. The number of fused-ring (bicyclic) bond motifs is 2. The topological polar surface area (TPSA) is 38.9 Å². The lowest BCUT2D eigenvalue weighted by atomic mass is 9.82. The van der Waals surface area contributed by atoms with Gasteiger partial charge in [-0.15, -0.1) is 0 Å². The molecule has 3 aromatic heterocycles. The molecule has 0 aliphatic rings. The third-order valence-electron chi connectivity index (χ3n) is 5.41. The van der Waals surface area contributed by atoms with Gasteiger partial charge in [0.15, 0.2) is 5.58 Å². The molecule has 0 aliphatic heterocycles. The van der Waals surface area contributed by atoms with Crippen molar-refractivity contribution in [3.63, 3.8) is 0 Å². The van der Waals surface area contributed by atoms with Gasteiger partial charge in [0.2, 0.25) is 0 Å². The van der Waals surface area contributed by atoms with E-state index in [0.717, 1.165) is 33.4 Å². The second kappa shape index (κ2) is 6.56. The molecule has 29 heavy (non-hydrogen) atoms. The summed E-state index contributed by atoms with van der Waals surface area (Å²) in [5, 5.41) is 3.55. The quantitative estimate of drug-likeness (QED) is 0.332. The maximum Gasteiger partial charge on any atom is 0.160 e. The van der Waals surface area contributed by atoms with Gasteiger partial charge in [-0.25, -0.2) is 0 Å². The summed E-state index contributed by atoms with van der Waals surface area (Å²) in [4.78, 5) is 8.95. The fraction of sp³-hybridized carbons (Fsp3) is 0.154. The first-order chi connectivity index (χ1) is 14.0. The summed E-state index contributed by atoms with van der Waals surface area (Å²) in [6.45, 7) is 6.75. The largest absolute Gasteiger partial charge is 0.461 e. The molecular formula is C26H22N2O. The van der Waals surface area contributed by atoms with Gasteiger partial charge >= 0.3 is 0 Å². The van der Waals surface area contributed by atoms with Crippen LogP contribution in [-0.2, 0) is 5.41 Å². The number of nitrogens with zero attached hydrogens (tertiary/aromatic N) is 2. The average molecular weight is 378 g/mol. The van der Waals surface area contributed by atoms with Gasteiger partial charge in [-0.05, 0) is 46.0 Å². The van der Waals surface area contributed by atoms with Crippen LogP contribution in [0.3, 0.4) is 0 Å². The molecule has 0 N–H and O–H groups in total. The van der Waals surface area contributed by atoms with Crippen LogP contribution in [0.4, 0.5) is 0 Å². The lowest BCUT2D eigenvalue weighted by Crippen LogP contribution is -2.12. The van der Waals surface area contributed by atoms with E-state index >= 15 is 0 Å². The average Bonchev–Trinajstić information content (AvgIpc) is 3.17. The number of hydrogen-bond acceptors (Lipinski definition) is 3. The number of hydrogen-bond donors (Lipinski definition) is 0. The molecule has 0 spiro atoms. The Hall–Kier alpha value is -3.46. The Labute approximate surface area is 170 Å². The second-order valence-electron chi connectivity index (χ2n) is 8.42. The van der Waals surface area contributed by atoms with E-state index in [1.165, 1.54) is 16.3 Å². The van der Waals surface area contributed by atoms with Crippen molar-refractivity contribution in [1.82, 2.24) is 9.97 Å². The Balaban J connectivity index is 1.77. The molecule has 2 aromatic carbocycles. The van der Waals surface area contributed by atoms with Gasteiger partial charge in [-0.3, -0.25) is 9.97 Å². The van der Waals surface area contributed by atoms with E-state index in [0.29, 0.717) is 0 Å². The van der Waals surface area contributed by atoms with Gasteiger partial charge in [0, 0.05) is 40.7 Å². The number of furan rings is 1. The smallest absolute Gasteiger partial charge is 0.160 e. The molecule has 0 radical (unpaired) electrons. The second-order valence-corrected chi connectivity index (χ2v) is 8.42. The summed E-state index contributed by atoms with van der Waals surface area (Å²) >= 11 is 0. The predicted octanol–water partition coefficient (Wildman–Crippen LogP) is 7.01. The van der Waals surface area contributed by atoms with Crippen molar-refractivity contribution in [2.75, 3.05) is 0 Å². The van der Waals surface area contributed by atoms with Crippen LogP contribution in [-0.4, -0.2) is 9.97 Å². The minimum atomic E-state index is 0.0214. The molecule has 3 heteroatoms. The summed E-state index contributed by atoms with van der Waals surface area (Å²) in [6.07, 6.45) is 7.30. The highest BCUT2D eigenvalue weighted by Gasteiger charge is 2.20. The lowest BCUT2D eigenvalue weighted by Gasteiger charge is -2.22. The van der Waals surface area contributed by atoms with E-state index in [2.05, 4.69) is 62.2 Å². The molecule has 5 aromatic rings. The summed E-state index contributed by atoms with van der Waals surface area (Å²) in [6, 6.07) is 19.0. The van der Waals surface area contributed by atoms with Crippen LogP contribution in [0.5, 0.6) is 0 Å². The molecule has 0 atom stereocenters. The van der Waals surface area contributed by atoms with Gasteiger partial charge < -0.3 is 4.42 Å². The van der Waals surface area contributed by atoms with E-state index < -0.39 is 0 Å². The van der Waals surface area contributed by atoms with Crippen molar-refractivity contribution in [1.29, 1.82) is 0 Å². The third-order valence-corrected chi connectivity index (χ3v) is 5.41. The van der Waals surface area contributed by atoms with E-state index in [1.807, 2.05) is 30.6 Å². The van der Waals surface area contributed by atoms with E-state index in [-0.39, 0.29) is 5.41 Å². The van der Waals surface area contributed by atoms with Crippen molar-refractivity contribution < 1.29 is 4.42 Å². The molecule has 0 saturated heterocycles. The summed E-state index contributed by atoms with van der Waals surface area (Å²) < 4.78 is 6.04. The Kier molecular flexibility index (Phi) is 3.99. The standard InChI is InChI=1S/C26H22N2O/c1-26(2,3)23-14-19(13-17-7-4-5-9-20(17)23)24-25-21(10-12-28-24)22(16-29-25)18-8-6-11-27-15-18/h4-16H,1-3H3. The fourth-order valence-corrected chi connectivity index (χ4v) is 3.98. The maximum atomic E-state index is 6.04. The lowest BCUT2D eigenvalue weighted by molar-refractivity contribution is 0.596. The molecule has 0 fully saturated rings. The number of aromatic nitrogens is 2. The van der Waals surface area contributed by atoms with Crippen LogP contribution in [0.15, 0.2) is 83.9 Å². The van der Waals surface area contributed by atoms with Crippen LogP contribution in [0.25, 0.3) is 44.1 Å². The maximum absolute atomic E-state index is 6.04. The molecule has 0 saturated carbocycles. The molecule has 142 valence electrons. The first-order valence-corrected chi connectivity index (χ1v) is 9.82. The molecule has 3 heterocycles. The minimum absolute atomic E-state index is 0.0214. The zero-order valence-corrected chi connectivity index (χ0v) is 16.8. The van der Waals surface area contributed by atoms with Gasteiger partial charge in [-0.1, -0.05) is 51.1 Å². The zero-order chi connectivity index (χ0) is 20.0. The molecular weight excluding hydrogens is 356 g/mol. The highest BCUT2D eigenvalue weighted by atomic mass is 16.3. The Morgan fingerprint density at radius 2 is 1.69 bits per heavy atom. The Bertz CT molecular complexity index is 1330. The van der Waals surface area contributed by atoms with Crippen LogP contribution < -0.4 is 0 Å². The van der Waals surface area contributed by atoms with E-state index in [1.54, 1.807) is 12.5 Å². The van der Waals surface area contributed by atoms with Crippen molar-refractivity contribution in [2.45, 2.75) is 26.2 Å². The van der Waals surface area contributed by atoms with Gasteiger partial charge in [-0.2, -0.15) is 0 Å². The van der Waals surface area contributed by atoms with Gasteiger partial charge in [0.1, 0.15) is 5.69 Å². The van der Waals surface area contributed by atoms with E-state index in [9.17, 15) is 0 Å². The van der Waals surface area contributed by atoms with Crippen molar-refractivity contribution in [2.24, 2.45) is 0 Å². The summed E-state index contributed by atoms with van der Waals surface area (Å²) in [7, 11) is 0. The molecule has 0 bridgehead atoms. The summed E-state index contributed by atoms with van der Waals surface area (Å²) in [5.74, 6) is 0. The van der Waals surface area contributed by atoms with Crippen LogP contribution in [0.1, 0.15) is 26.3 Å². The first kappa shape index (κ1) is 17.6.